The first-order chi connectivity index (χ1) is 8.18. The van der Waals surface area contributed by atoms with Gasteiger partial charge in [-0.1, -0.05) is 0 Å². The number of nitrogens with one attached hydrogen (secondary N) is 1. The van der Waals surface area contributed by atoms with Gasteiger partial charge in [-0.15, -0.1) is 0 Å². The number of aromatic nitrogens is 4. The van der Waals surface area contributed by atoms with Crippen molar-refractivity contribution in [2.75, 3.05) is 0 Å². The summed E-state index contributed by atoms with van der Waals surface area (Å²) in [4.78, 5) is 15.9. The lowest BCUT2D eigenvalue weighted by Crippen LogP contribution is -2.36. The Labute approximate surface area is 99.5 Å². The van der Waals surface area contributed by atoms with E-state index in [1.807, 2.05) is 6.92 Å². The molecular formula is C12H15N5. The predicted octanol–water partition coefficient (Wildman–Crippen LogP) is 1.45. The lowest BCUT2D eigenvalue weighted by atomic mass is 9.97. The molecule has 0 radical (unpaired) electrons. The lowest BCUT2D eigenvalue weighted by molar-refractivity contribution is 0.404. The largest absolute Gasteiger partial charge is 0.339 e. The van der Waals surface area contributed by atoms with E-state index in [-0.39, 0.29) is 5.54 Å². The quantitative estimate of drug-likeness (QED) is 0.834. The minimum Gasteiger partial charge on any atom is -0.339 e. The third-order valence-corrected chi connectivity index (χ3v) is 3.35. The molecule has 0 saturated heterocycles. The molecule has 17 heavy (non-hydrogen) atoms. The Morgan fingerprint density at radius 3 is 2.76 bits per heavy atom. The van der Waals surface area contributed by atoms with Gasteiger partial charge in [0.2, 0.25) is 0 Å². The SMILES string of the molecule is CC(N)(c1ncc(-c2cnccn2)[nH]1)C1CC1. The van der Waals surface area contributed by atoms with Crippen molar-refractivity contribution in [1.82, 2.24) is 19.9 Å². The highest BCUT2D eigenvalue weighted by atomic mass is 15.0. The van der Waals surface area contributed by atoms with E-state index in [4.69, 9.17) is 5.73 Å². The van der Waals surface area contributed by atoms with E-state index in [0.717, 1.165) is 17.2 Å². The highest BCUT2D eigenvalue weighted by Crippen LogP contribution is 2.42. The predicted molar refractivity (Wildman–Crippen MR) is 63.9 cm³/mol. The van der Waals surface area contributed by atoms with Crippen LogP contribution in [0.1, 0.15) is 25.6 Å². The van der Waals surface area contributed by atoms with E-state index < -0.39 is 0 Å². The molecular weight excluding hydrogens is 214 g/mol. The van der Waals surface area contributed by atoms with Crippen LogP contribution in [0.4, 0.5) is 0 Å². The zero-order valence-corrected chi connectivity index (χ0v) is 9.72. The van der Waals surface area contributed by atoms with E-state index in [0.29, 0.717) is 5.92 Å². The molecule has 0 amide bonds. The Morgan fingerprint density at radius 1 is 1.29 bits per heavy atom. The maximum atomic E-state index is 6.30. The normalized spacial score (nSPS) is 18.9. The second-order valence-corrected chi connectivity index (χ2v) is 4.79. The average Bonchev–Trinajstić information content (AvgIpc) is 3.08. The number of H-pyrrole nitrogens is 1. The summed E-state index contributed by atoms with van der Waals surface area (Å²) in [5, 5.41) is 0. The topological polar surface area (TPSA) is 80.5 Å². The maximum absolute atomic E-state index is 6.30. The Kier molecular flexibility index (Phi) is 2.22. The Balaban J connectivity index is 1.93. The third-order valence-electron chi connectivity index (χ3n) is 3.35. The fourth-order valence-corrected chi connectivity index (χ4v) is 2.04. The average molecular weight is 229 g/mol. The second kappa shape index (κ2) is 3.63. The number of aromatic amines is 1. The van der Waals surface area contributed by atoms with Crippen LogP contribution >= 0.6 is 0 Å². The van der Waals surface area contributed by atoms with Crippen molar-refractivity contribution in [3.63, 3.8) is 0 Å². The van der Waals surface area contributed by atoms with Crippen molar-refractivity contribution in [1.29, 1.82) is 0 Å². The minimum atomic E-state index is -0.361. The first-order valence-corrected chi connectivity index (χ1v) is 5.78. The van der Waals surface area contributed by atoms with Gasteiger partial charge >= 0.3 is 0 Å². The molecule has 1 aliphatic rings. The maximum Gasteiger partial charge on any atom is 0.126 e. The summed E-state index contributed by atoms with van der Waals surface area (Å²) >= 11 is 0. The van der Waals surface area contributed by atoms with Crippen LogP contribution in [0.5, 0.6) is 0 Å². The molecule has 1 fully saturated rings. The molecule has 3 N–H and O–H groups in total. The molecule has 2 heterocycles. The minimum absolute atomic E-state index is 0.361. The molecule has 2 aromatic rings. The van der Waals surface area contributed by atoms with Crippen molar-refractivity contribution in [2.24, 2.45) is 11.7 Å². The number of hydrogen-bond donors (Lipinski definition) is 2. The summed E-state index contributed by atoms with van der Waals surface area (Å²) in [6, 6.07) is 0. The van der Waals surface area contributed by atoms with E-state index in [1.165, 1.54) is 12.8 Å². The molecule has 0 spiro atoms. The smallest absolute Gasteiger partial charge is 0.126 e. The van der Waals surface area contributed by atoms with Crippen LogP contribution in [-0.4, -0.2) is 19.9 Å². The van der Waals surface area contributed by atoms with Crippen LogP contribution in [0, 0.1) is 5.92 Å². The van der Waals surface area contributed by atoms with Crippen molar-refractivity contribution >= 4 is 0 Å². The monoisotopic (exact) mass is 229 g/mol. The van der Waals surface area contributed by atoms with Gasteiger partial charge in [-0.05, 0) is 25.7 Å². The first kappa shape index (κ1) is 10.4. The zero-order chi connectivity index (χ0) is 11.9. The fourth-order valence-electron chi connectivity index (χ4n) is 2.04. The summed E-state index contributed by atoms with van der Waals surface area (Å²) < 4.78 is 0. The Hall–Kier alpha value is -1.75. The standard InChI is InChI=1S/C12H15N5/c1-12(13,8-2-3-8)11-16-7-10(17-11)9-6-14-4-5-15-9/h4-8H,2-3,13H2,1H3,(H,16,17). The molecule has 5 heteroatoms. The molecule has 88 valence electrons. The molecule has 0 aromatic carbocycles. The van der Waals surface area contributed by atoms with Crippen LogP contribution in [0.3, 0.4) is 0 Å². The summed E-state index contributed by atoms with van der Waals surface area (Å²) in [6.07, 6.45) is 9.17. The zero-order valence-electron chi connectivity index (χ0n) is 9.72. The molecule has 3 rings (SSSR count). The van der Waals surface area contributed by atoms with E-state index in [1.54, 1.807) is 24.8 Å². The molecule has 1 saturated carbocycles. The Bertz CT molecular complexity index is 513. The molecule has 1 unspecified atom stereocenters. The molecule has 2 aromatic heterocycles. The molecule has 5 nitrogen and oxygen atoms in total. The van der Waals surface area contributed by atoms with Crippen molar-refractivity contribution in [3.8, 4) is 11.4 Å². The van der Waals surface area contributed by atoms with Gasteiger partial charge in [-0.25, -0.2) is 4.98 Å². The van der Waals surface area contributed by atoms with Crippen molar-refractivity contribution in [3.05, 3.63) is 30.6 Å². The van der Waals surface area contributed by atoms with Gasteiger partial charge in [0.15, 0.2) is 0 Å². The number of nitrogens with two attached hydrogens (primary N) is 1. The van der Waals surface area contributed by atoms with Crippen LogP contribution in [0.15, 0.2) is 24.8 Å². The second-order valence-electron chi connectivity index (χ2n) is 4.79. The number of hydrogen-bond acceptors (Lipinski definition) is 4. The molecule has 0 aliphatic heterocycles. The number of imidazole rings is 1. The van der Waals surface area contributed by atoms with Crippen LogP contribution in [0.25, 0.3) is 11.4 Å². The van der Waals surface area contributed by atoms with Gasteiger partial charge in [-0.2, -0.15) is 0 Å². The van der Waals surface area contributed by atoms with Crippen molar-refractivity contribution in [2.45, 2.75) is 25.3 Å². The molecule has 1 aliphatic carbocycles. The number of rotatable bonds is 3. The highest BCUT2D eigenvalue weighted by Gasteiger charge is 2.41. The molecule has 1 atom stereocenters. The first-order valence-electron chi connectivity index (χ1n) is 5.78. The fraction of sp³-hybridized carbons (Fsp3) is 0.417. The van der Waals surface area contributed by atoms with Gasteiger partial charge in [-0.3, -0.25) is 9.97 Å². The molecule has 0 bridgehead atoms. The summed E-state index contributed by atoms with van der Waals surface area (Å²) in [5.41, 5.74) is 7.60. The van der Waals surface area contributed by atoms with Crippen LogP contribution < -0.4 is 5.73 Å². The summed E-state index contributed by atoms with van der Waals surface area (Å²) in [7, 11) is 0. The van der Waals surface area contributed by atoms with Gasteiger partial charge in [0.25, 0.3) is 0 Å². The van der Waals surface area contributed by atoms with E-state index >= 15 is 0 Å². The van der Waals surface area contributed by atoms with Gasteiger partial charge < -0.3 is 10.7 Å². The van der Waals surface area contributed by atoms with Crippen molar-refractivity contribution < 1.29 is 0 Å². The summed E-state index contributed by atoms with van der Waals surface area (Å²) in [5.74, 6) is 1.38. The van der Waals surface area contributed by atoms with Gasteiger partial charge in [0, 0.05) is 12.4 Å². The van der Waals surface area contributed by atoms with E-state index in [2.05, 4.69) is 19.9 Å². The lowest BCUT2D eigenvalue weighted by Gasteiger charge is -2.21. The highest BCUT2D eigenvalue weighted by molar-refractivity contribution is 5.51. The van der Waals surface area contributed by atoms with Crippen LogP contribution in [-0.2, 0) is 5.54 Å². The third kappa shape index (κ3) is 1.82. The van der Waals surface area contributed by atoms with Crippen LogP contribution in [0.2, 0.25) is 0 Å². The van der Waals surface area contributed by atoms with Gasteiger partial charge in [0.1, 0.15) is 11.5 Å². The Morgan fingerprint density at radius 2 is 2.12 bits per heavy atom. The van der Waals surface area contributed by atoms with Gasteiger partial charge in [0.05, 0.1) is 23.6 Å². The summed E-state index contributed by atoms with van der Waals surface area (Å²) in [6.45, 7) is 2.03. The number of nitrogens with zero attached hydrogens (tertiary/aromatic N) is 3. The van der Waals surface area contributed by atoms with E-state index in [9.17, 15) is 0 Å².